The summed E-state index contributed by atoms with van der Waals surface area (Å²) in [7, 11) is 0. The van der Waals surface area contributed by atoms with Crippen molar-refractivity contribution in [1.82, 2.24) is 4.90 Å². The quantitative estimate of drug-likeness (QED) is 0.381. The number of benzene rings is 2. The van der Waals surface area contributed by atoms with Gasteiger partial charge in [0.15, 0.2) is 11.5 Å². The van der Waals surface area contributed by atoms with E-state index in [-0.39, 0.29) is 23.8 Å². The maximum Gasteiger partial charge on any atom is 0.293 e. The van der Waals surface area contributed by atoms with Gasteiger partial charge in [-0.05, 0) is 74.0 Å². The highest BCUT2D eigenvalue weighted by Crippen LogP contribution is 2.40. The van der Waals surface area contributed by atoms with E-state index in [0.717, 1.165) is 17.3 Å². The molecule has 1 aliphatic heterocycles. The largest absolute Gasteiger partial charge is 0.490 e. The number of amides is 2. The summed E-state index contributed by atoms with van der Waals surface area (Å²) in [5.74, 6) is 0.491. The molecule has 31 heavy (non-hydrogen) atoms. The van der Waals surface area contributed by atoms with Gasteiger partial charge in [0, 0.05) is 6.04 Å². The number of hydrogen-bond acceptors (Lipinski definition) is 5. The lowest BCUT2D eigenvalue weighted by Gasteiger charge is -2.16. The zero-order valence-corrected chi connectivity index (χ0v) is 20.2. The van der Waals surface area contributed by atoms with Crippen molar-refractivity contribution in [2.24, 2.45) is 0 Å². The van der Waals surface area contributed by atoms with E-state index in [9.17, 15) is 9.59 Å². The van der Waals surface area contributed by atoms with Gasteiger partial charge in [-0.15, -0.1) is 0 Å². The molecule has 1 fully saturated rings. The Bertz CT molecular complexity index is 1060. The number of halogens is 3. The van der Waals surface area contributed by atoms with Gasteiger partial charge in [-0.3, -0.25) is 14.5 Å². The molecule has 0 spiro atoms. The Morgan fingerprint density at radius 3 is 2.39 bits per heavy atom. The van der Waals surface area contributed by atoms with Crippen LogP contribution in [0.1, 0.15) is 31.9 Å². The fraction of sp³-hybridized carbons (Fsp3) is 0.273. The molecule has 164 valence electrons. The van der Waals surface area contributed by atoms with E-state index in [1.165, 1.54) is 4.90 Å². The van der Waals surface area contributed by atoms with Gasteiger partial charge in [0.2, 0.25) is 0 Å². The number of nitrogens with zero attached hydrogens (tertiary/aromatic N) is 1. The second-order valence-corrected chi connectivity index (χ2v) is 9.16. The first-order valence-electron chi connectivity index (χ1n) is 9.51. The van der Waals surface area contributed by atoms with Crippen molar-refractivity contribution in [3.05, 3.63) is 61.4 Å². The molecule has 0 aromatic heterocycles. The molecule has 0 unspecified atom stereocenters. The monoisotopic (exact) mass is 499 g/mol. The Hall–Kier alpha value is -1.86. The first-order valence-corrected chi connectivity index (χ1v) is 11.5. The van der Waals surface area contributed by atoms with Crippen molar-refractivity contribution in [3.8, 4) is 11.5 Å². The standard InChI is InChI=1S/C22H20Cl3NO4S/c1-4-29-18-9-14(10-19-21(27)26(12(2)3)22(28)31-19)8-17(25)20(18)30-11-13-5-6-15(23)16(24)7-13/h5-10,12H,4,11H2,1-3H3/b19-10+. The summed E-state index contributed by atoms with van der Waals surface area (Å²) in [6.45, 7) is 6.04. The predicted octanol–water partition coefficient (Wildman–Crippen LogP) is 7.07. The summed E-state index contributed by atoms with van der Waals surface area (Å²) in [5, 5.41) is 0.929. The molecule has 1 heterocycles. The van der Waals surface area contributed by atoms with Gasteiger partial charge in [-0.2, -0.15) is 0 Å². The third-order valence-electron chi connectivity index (χ3n) is 4.34. The van der Waals surface area contributed by atoms with E-state index in [1.807, 2.05) is 13.0 Å². The molecule has 2 aromatic carbocycles. The van der Waals surface area contributed by atoms with Crippen LogP contribution in [0.4, 0.5) is 4.79 Å². The molecule has 0 saturated carbocycles. The maximum absolute atomic E-state index is 12.5. The van der Waals surface area contributed by atoms with Crippen molar-refractivity contribution in [3.63, 3.8) is 0 Å². The van der Waals surface area contributed by atoms with E-state index < -0.39 is 0 Å². The van der Waals surface area contributed by atoms with Gasteiger partial charge >= 0.3 is 0 Å². The molecule has 2 aromatic rings. The third kappa shape index (κ3) is 5.50. The SMILES string of the molecule is CCOc1cc(/C=C2/SC(=O)N(C(C)C)C2=O)cc(Cl)c1OCc1ccc(Cl)c(Cl)c1. The van der Waals surface area contributed by atoms with Crippen LogP contribution in [0.25, 0.3) is 6.08 Å². The van der Waals surface area contributed by atoms with E-state index in [1.54, 1.807) is 44.2 Å². The lowest BCUT2D eigenvalue weighted by Crippen LogP contribution is -2.34. The highest BCUT2D eigenvalue weighted by molar-refractivity contribution is 8.18. The van der Waals surface area contributed by atoms with Crippen molar-refractivity contribution in [1.29, 1.82) is 0 Å². The molecule has 1 saturated heterocycles. The summed E-state index contributed by atoms with van der Waals surface area (Å²) in [5.41, 5.74) is 1.45. The molecule has 5 nitrogen and oxygen atoms in total. The fourth-order valence-electron chi connectivity index (χ4n) is 2.94. The highest BCUT2D eigenvalue weighted by atomic mass is 35.5. The van der Waals surface area contributed by atoms with Crippen LogP contribution in [0.15, 0.2) is 35.2 Å². The van der Waals surface area contributed by atoms with Crippen molar-refractivity contribution < 1.29 is 19.1 Å². The second-order valence-electron chi connectivity index (χ2n) is 6.95. The van der Waals surface area contributed by atoms with Gasteiger partial charge in [0.25, 0.3) is 11.1 Å². The number of imide groups is 1. The number of thioether (sulfide) groups is 1. The average molecular weight is 501 g/mol. The van der Waals surface area contributed by atoms with Crippen LogP contribution in [0.2, 0.25) is 15.1 Å². The summed E-state index contributed by atoms with van der Waals surface area (Å²) in [6, 6.07) is 8.40. The summed E-state index contributed by atoms with van der Waals surface area (Å²) in [6.07, 6.45) is 1.63. The minimum absolute atomic E-state index is 0.210. The lowest BCUT2D eigenvalue weighted by atomic mass is 10.1. The molecule has 0 bridgehead atoms. The molecule has 2 amide bonds. The van der Waals surface area contributed by atoms with Crippen LogP contribution >= 0.6 is 46.6 Å². The van der Waals surface area contributed by atoms with E-state index >= 15 is 0 Å². The topological polar surface area (TPSA) is 55.8 Å². The summed E-state index contributed by atoms with van der Waals surface area (Å²) in [4.78, 5) is 26.2. The Morgan fingerprint density at radius 2 is 1.77 bits per heavy atom. The second kappa shape index (κ2) is 10.2. The van der Waals surface area contributed by atoms with Crippen molar-refractivity contribution in [2.75, 3.05) is 6.61 Å². The fourth-order valence-corrected chi connectivity index (χ4v) is 4.49. The number of hydrogen-bond donors (Lipinski definition) is 0. The maximum atomic E-state index is 12.5. The Labute approximate surface area is 200 Å². The van der Waals surface area contributed by atoms with Crippen LogP contribution in [-0.4, -0.2) is 28.7 Å². The third-order valence-corrected chi connectivity index (χ3v) is 6.24. The van der Waals surface area contributed by atoms with Gasteiger partial charge in [-0.1, -0.05) is 40.9 Å². The Balaban J connectivity index is 1.87. The lowest BCUT2D eigenvalue weighted by molar-refractivity contribution is -0.123. The molecule has 0 N–H and O–H groups in total. The minimum Gasteiger partial charge on any atom is -0.490 e. The molecular formula is C22H20Cl3NO4S. The minimum atomic E-state index is -0.320. The molecule has 0 atom stereocenters. The van der Waals surface area contributed by atoms with Gasteiger partial charge in [-0.25, -0.2) is 0 Å². The zero-order chi connectivity index (χ0) is 22.7. The van der Waals surface area contributed by atoms with Crippen LogP contribution in [0.3, 0.4) is 0 Å². The molecular weight excluding hydrogens is 481 g/mol. The average Bonchev–Trinajstić information content (AvgIpc) is 2.97. The summed E-state index contributed by atoms with van der Waals surface area (Å²) < 4.78 is 11.6. The molecule has 0 aliphatic carbocycles. The van der Waals surface area contributed by atoms with Gasteiger partial charge in [0.05, 0.1) is 26.6 Å². The number of rotatable bonds is 7. The number of carbonyl (C=O) groups is 2. The smallest absolute Gasteiger partial charge is 0.293 e. The number of carbonyl (C=O) groups excluding carboxylic acids is 2. The highest BCUT2D eigenvalue weighted by Gasteiger charge is 2.36. The van der Waals surface area contributed by atoms with E-state index in [2.05, 4.69) is 0 Å². The van der Waals surface area contributed by atoms with Crippen LogP contribution in [-0.2, 0) is 11.4 Å². The molecule has 0 radical (unpaired) electrons. The van der Waals surface area contributed by atoms with Gasteiger partial charge in [0.1, 0.15) is 6.61 Å². The van der Waals surface area contributed by atoms with Crippen molar-refractivity contribution in [2.45, 2.75) is 33.4 Å². The molecule has 9 heteroatoms. The van der Waals surface area contributed by atoms with Crippen LogP contribution < -0.4 is 9.47 Å². The zero-order valence-electron chi connectivity index (χ0n) is 17.1. The summed E-state index contributed by atoms with van der Waals surface area (Å²) >= 11 is 19.4. The first-order chi connectivity index (χ1) is 14.7. The molecule has 1 aliphatic rings. The first kappa shape index (κ1) is 23.8. The van der Waals surface area contributed by atoms with E-state index in [0.29, 0.717) is 43.6 Å². The van der Waals surface area contributed by atoms with Crippen LogP contribution in [0.5, 0.6) is 11.5 Å². The number of ether oxygens (including phenoxy) is 2. The predicted molar refractivity (Wildman–Crippen MR) is 126 cm³/mol. The Morgan fingerprint density at radius 1 is 1.03 bits per heavy atom. The van der Waals surface area contributed by atoms with Gasteiger partial charge < -0.3 is 9.47 Å². The molecule has 3 rings (SSSR count). The van der Waals surface area contributed by atoms with E-state index in [4.69, 9.17) is 44.3 Å². The Kier molecular flexibility index (Phi) is 7.81. The normalized spacial score (nSPS) is 15.3. The van der Waals surface area contributed by atoms with Crippen molar-refractivity contribution >= 4 is 63.8 Å². The van der Waals surface area contributed by atoms with Crippen LogP contribution in [0, 0.1) is 0 Å².